The van der Waals surface area contributed by atoms with Gasteiger partial charge >= 0.3 is 0 Å². The van der Waals surface area contributed by atoms with Crippen LogP contribution in [0.25, 0.3) is 0 Å². The van der Waals surface area contributed by atoms with Crippen LogP contribution in [-0.2, 0) is 0 Å². The second-order valence-corrected chi connectivity index (χ2v) is 4.58. The highest BCUT2D eigenvalue weighted by Crippen LogP contribution is 2.14. The van der Waals surface area contributed by atoms with Crippen LogP contribution in [0.3, 0.4) is 0 Å². The Balaban J connectivity index is 2.59. The maximum Gasteiger partial charge on any atom is 0.0446 e. The predicted molar refractivity (Wildman–Crippen MR) is 59.4 cm³/mol. The monoisotopic (exact) mass is 200 g/mol. The third-order valence-corrected chi connectivity index (χ3v) is 3.08. The van der Waals surface area contributed by atoms with Crippen LogP contribution in [-0.4, -0.2) is 60.8 Å². The summed E-state index contributed by atoms with van der Waals surface area (Å²) >= 11 is 0. The second kappa shape index (κ2) is 5.69. The van der Waals surface area contributed by atoms with Gasteiger partial charge in [-0.3, -0.25) is 4.90 Å². The van der Waals surface area contributed by atoms with Gasteiger partial charge in [0.05, 0.1) is 0 Å². The lowest BCUT2D eigenvalue weighted by Gasteiger charge is -2.29. The van der Waals surface area contributed by atoms with E-state index in [9.17, 15) is 0 Å². The molecule has 3 nitrogen and oxygen atoms in total. The average molecular weight is 200 g/mol. The van der Waals surface area contributed by atoms with E-state index in [0.29, 0.717) is 12.6 Å². The standard InChI is InChI=1S/C11H24N2O/c1-4-13-8-10(2)7-12(3)9-11(13)5-6-14/h10-11,14H,4-9H2,1-3H3. The van der Waals surface area contributed by atoms with Crippen LogP contribution >= 0.6 is 0 Å². The molecular formula is C11H24N2O. The summed E-state index contributed by atoms with van der Waals surface area (Å²) in [5.74, 6) is 0.739. The highest BCUT2D eigenvalue weighted by molar-refractivity contribution is 4.80. The van der Waals surface area contributed by atoms with E-state index in [1.807, 2.05) is 0 Å². The molecule has 1 fully saturated rings. The number of aliphatic hydroxyl groups is 1. The molecule has 0 aromatic heterocycles. The van der Waals surface area contributed by atoms with E-state index in [2.05, 4.69) is 30.7 Å². The summed E-state index contributed by atoms with van der Waals surface area (Å²) in [6.45, 7) is 9.37. The molecule has 3 heteroatoms. The van der Waals surface area contributed by atoms with E-state index in [4.69, 9.17) is 5.11 Å². The van der Waals surface area contributed by atoms with Crippen molar-refractivity contribution in [3.05, 3.63) is 0 Å². The molecule has 84 valence electrons. The van der Waals surface area contributed by atoms with Crippen LogP contribution in [0.5, 0.6) is 0 Å². The molecule has 1 N–H and O–H groups in total. The molecule has 0 spiro atoms. The molecule has 2 unspecified atom stereocenters. The lowest BCUT2D eigenvalue weighted by atomic mass is 10.1. The molecule has 1 aliphatic rings. The third-order valence-electron chi connectivity index (χ3n) is 3.08. The maximum atomic E-state index is 9.03. The summed E-state index contributed by atoms with van der Waals surface area (Å²) in [6, 6.07) is 0.542. The molecule has 0 saturated carbocycles. The molecule has 1 rings (SSSR count). The van der Waals surface area contributed by atoms with Crippen LogP contribution in [0.1, 0.15) is 20.3 Å². The molecule has 14 heavy (non-hydrogen) atoms. The van der Waals surface area contributed by atoms with Gasteiger partial charge in [0, 0.05) is 32.3 Å². The Morgan fingerprint density at radius 1 is 1.29 bits per heavy atom. The third kappa shape index (κ3) is 3.23. The highest BCUT2D eigenvalue weighted by Gasteiger charge is 2.24. The van der Waals surface area contributed by atoms with Crippen LogP contribution in [0.2, 0.25) is 0 Å². The Hall–Kier alpha value is -0.120. The first kappa shape index (κ1) is 12.0. The van der Waals surface area contributed by atoms with Gasteiger partial charge in [-0.15, -0.1) is 0 Å². The van der Waals surface area contributed by atoms with Crippen molar-refractivity contribution in [1.82, 2.24) is 9.80 Å². The molecule has 1 aliphatic heterocycles. The predicted octanol–water partition coefficient (Wildman–Crippen LogP) is 0.641. The molecule has 0 amide bonds. The van der Waals surface area contributed by atoms with E-state index in [-0.39, 0.29) is 0 Å². The second-order valence-electron chi connectivity index (χ2n) is 4.58. The van der Waals surface area contributed by atoms with Gasteiger partial charge in [-0.25, -0.2) is 0 Å². The van der Waals surface area contributed by atoms with Crippen molar-refractivity contribution >= 4 is 0 Å². The molecule has 0 aromatic carbocycles. The van der Waals surface area contributed by atoms with E-state index < -0.39 is 0 Å². The van der Waals surface area contributed by atoms with Crippen LogP contribution in [0.15, 0.2) is 0 Å². The number of aliphatic hydroxyl groups excluding tert-OH is 1. The number of rotatable bonds is 3. The van der Waals surface area contributed by atoms with Crippen molar-refractivity contribution in [1.29, 1.82) is 0 Å². The average Bonchev–Trinajstić information content (AvgIpc) is 2.25. The van der Waals surface area contributed by atoms with Crippen molar-refractivity contribution < 1.29 is 5.11 Å². The summed E-state index contributed by atoms with van der Waals surface area (Å²) in [5.41, 5.74) is 0. The number of nitrogens with zero attached hydrogens (tertiary/aromatic N) is 2. The fourth-order valence-corrected chi connectivity index (χ4v) is 2.50. The van der Waals surface area contributed by atoms with Gasteiger partial charge in [0.1, 0.15) is 0 Å². The Labute approximate surface area is 87.7 Å². The first-order valence-electron chi connectivity index (χ1n) is 5.70. The topological polar surface area (TPSA) is 26.7 Å². The quantitative estimate of drug-likeness (QED) is 0.724. The molecule has 1 saturated heterocycles. The molecule has 0 bridgehead atoms. The number of hydrogen-bond donors (Lipinski definition) is 1. The first-order valence-corrected chi connectivity index (χ1v) is 5.70. The van der Waals surface area contributed by atoms with Gasteiger partial charge in [0.25, 0.3) is 0 Å². The Morgan fingerprint density at radius 3 is 2.57 bits per heavy atom. The van der Waals surface area contributed by atoms with Gasteiger partial charge in [0.2, 0.25) is 0 Å². The van der Waals surface area contributed by atoms with E-state index >= 15 is 0 Å². The summed E-state index contributed by atoms with van der Waals surface area (Å²) < 4.78 is 0. The Morgan fingerprint density at radius 2 is 2.00 bits per heavy atom. The minimum absolute atomic E-state index is 0.309. The molecular weight excluding hydrogens is 176 g/mol. The van der Waals surface area contributed by atoms with Gasteiger partial charge in [-0.05, 0) is 25.9 Å². The SMILES string of the molecule is CCN1CC(C)CN(C)CC1CCO. The van der Waals surface area contributed by atoms with Crippen LogP contribution < -0.4 is 0 Å². The lowest BCUT2D eigenvalue weighted by Crippen LogP contribution is -2.40. The normalized spacial score (nSPS) is 31.7. The van der Waals surface area contributed by atoms with Gasteiger partial charge in [-0.1, -0.05) is 13.8 Å². The fourth-order valence-electron chi connectivity index (χ4n) is 2.50. The van der Waals surface area contributed by atoms with Gasteiger partial charge < -0.3 is 10.0 Å². The minimum Gasteiger partial charge on any atom is -0.396 e. The zero-order valence-electron chi connectivity index (χ0n) is 9.74. The zero-order chi connectivity index (χ0) is 10.6. The van der Waals surface area contributed by atoms with Gasteiger partial charge in [-0.2, -0.15) is 0 Å². The molecule has 0 aromatic rings. The van der Waals surface area contributed by atoms with Crippen molar-refractivity contribution in [2.75, 3.05) is 39.8 Å². The maximum absolute atomic E-state index is 9.03. The molecule has 0 aliphatic carbocycles. The highest BCUT2D eigenvalue weighted by atomic mass is 16.3. The molecule has 2 atom stereocenters. The summed E-state index contributed by atoms with van der Waals surface area (Å²) in [5, 5.41) is 9.03. The van der Waals surface area contributed by atoms with Crippen LogP contribution in [0.4, 0.5) is 0 Å². The Bertz CT molecular complexity index is 163. The zero-order valence-corrected chi connectivity index (χ0v) is 9.74. The van der Waals surface area contributed by atoms with E-state index in [1.54, 1.807) is 0 Å². The van der Waals surface area contributed by atoms with E-state index in [0.717, 1.165) is 25.4 Å². The van der Waals surface area contributed by atoms with Crippen molar-refractivity contribution in [3.8, 4) is 0 Å². The minimum atomic E-state index is 0.309. The molecule has 1 heterocycles. The lowest BCUT2D eigenvalue weighted by molar-refractivity contribution is 0.152. The summed E-state index contributed by atoms with van der Waals surface area (Å²) in [7, 11) is 2.18. The summed E-state index contributed by atoms with van der Waals surface area (Å²) in [6.07, 6.45) is 0.908. The number of likely N-dealkylation sites (N-methyl/N-ethyl adjacent to an activating group) is 2. The van der Waals surface area contributed by atoms with Crippen molar-refractivity contribution in [2.24, 2.45) is 5.92 Å². The van der Waals surface area contributed by atoms with Crippen molar-refractivity contribution in [2.45, 2.75) is 26.3 Å². The largest absolute Gasteiger partial charge is 0.396 e. The Kier molecular flexibility index (Phi) is 4.85. The van der Waals surface area contributed by atoms with Crippen LogP contribution in [0, 0.1) is 5.92 Å². The summed E-state index contributed by atoms with van der Waals surface area (Å²) in [4.78, 5) is 4.89. The fraction of sp³-hybridized carbons (Fsp3) is 1.00. The first-order chi connectivity index (χ1) is 6.67. The van der Waals surface area contributed by atoms with Gasteiger partial charge in [0.15, 0.2) is 0 Å². The van der Waals surface area contributed by atoms with E-state index in [1.165, 1.54) is 13.1 Å². The molecule has 0 radical (unpaired) electrons. The smallest absolute Gasteiger partial charge is 0.0446 e. The van der Waals surface area contributed by atoms with Crippen molar-refractivity contribution in [3.63, 3.8) is 0 Å². The number of hydrogen-bond acceptors (Lipinski definition) is 3.